The molecule has 4 atom stereocenters. The summed E-state index contributed by atoms with van der Waals surface area (Å²) in [5.74, 6) is 1.44. The van der Waals surface area contributed by atoms with Crippen LogP contribution >= 0.6 is 11.3 Å². The molecule has 8 heteroatoms. The molecule has 4 unspecified atom stereocenters. The lowest BCUT2D eigenvalue weighted by molar-refractivity contribution is -0.120. The summed E-state index contributed by atoms with van der Waals surface area (Å²) in [6.45, 7) is 1.76. The zero-order valence-corrected chi connectivity index (χ0v) is 18.7. The second-order valence-electron chi connectivity index (χ2n) is 9.02. The number of rotatable bonds is 5. The molecule has 2 N–H and O–H groups in total. The number of amides is 3. The van der Waals surface area contributed by atoms with Gasteiger partial charge in [-0.1, -0.05) is 36.8 Å². The standard InChI is InChI=1S/C24H26N4O3S/c1-14(18-10-15-7-8-17(18)9-15)26-24(31)27-21(29)12-28-13-25-19-11-20(32-22(19)23(28)30)16-5-3-2-4-6-16/h2-6,11,13-15,17-18H,7-10,12H2,1H3,(H2,26,27,29,31). The van der Waals surface area contributed by atoms with Gasteiger partial charge in [-0.3, -0.25) is 19.5 Å². The van der Waals surface area contributed by atoms with Crippen LogP contribution in [0.25, 0.3) is 20.7 Å². The molecule has 2 bridgehead atoms. The van der Waals surface area contributed by atoms with E-state index in [2.05, 4.69) is 15.6 Å². The highest BCUT2D eigenvalue weighted by Gasteiger charge is 2.42. The minimum atomic E-state index is -0.536. The van der Waals surface area contributed by atoms with Gasteiger partial charge in [0.05, 0.1) is 11.8 Å². The first-order valence-electron chi connectivity index (χ1n) is 11.1. The van der Waals surface area contributed by atoms with E-state index in [1.54, 1.807) is 0 Å². The number of nitrogens with zero attached hydrogens (tertiary/aromatic N) is 2. The Morgan fingerprint density at radius 3 is 2.75 bits per heavy atom. The number of carbonyl (C=O) groups is 2. The van der Waals surface area contributed by atoms with Crippen molar-refractivity contribution in [3.8, 4) is 10.4 Å². The largest absolute Gasteiger partial charge is 0.335 e. The molecule has 0 radical (unpaired) electrons. The van der Waals surface area contributed by atoms with Crippen molar-refractivity contribution in [2.24, 2.45) is 17.8 Å². The van der Waals surface area contributed by atoms with Crippen molar-refractivity contribution in [1.82, 2.24) is 20.2 Å². The first-order chi connectivity index (χ1) is 15.5. The highest BCUT2D eigenvalue weighted by molar-refractivity contribution is 7.22. The molecule has 2 aromatic heterocycles. The Labute approximate surface area is 189 Å². The quantitative estimate of drug-likeness (QED) is 0.619. The Morgan fingerprint density at radius 2 is 2.03 bits per heavy atom. The summed E-state index contributed by atoms with van der Waals surface area (Å²) in [7, 11) is 0. The van der Waals surface area contributed by atoms with E-state index in [-0.39, 0.29) is 18.1 Å². The van der Waals surface area contributed by atoms with Crippen LogP contribution in [0.4, 0.5) is 4.79 Å². The van der Waals surface area contributed by atoms with Crippen LogP contribution in [0.1, 0.15) is 32.6 Å². The average Bonchev–Trinajstić information content (AvgIpc) is 3.52. The van der Waals surface area contributed by atoms with Crippen molar-refractivity contribution in [1.29, 1.82) is 0 Å². The Hall–Kier alpha value is -3.00. The number of imide groups is 1. The highest BCUT2D eigenvalue weighted by atomic mass is 32.1. The first kappa shape index (κ1) is 20.9. The minimum absolute atomic E-state index is 0.0290. The number of hydrogen-bond donors (Lipinski definition) is 2. The summed E-state index contributed by atoms with van der Waals surface area (Å²) >= 11 is 1.35. The number of aromatic nitrogens is 2. The van der Waals surface area contributed by atoms with Gasteiger partial charge in [0.15, 0.2) is 0 Å². The van der Waals surface area contributed by atoms with Gasteiger partial charge in [0.2, 0.25) is 5.91 Å². The molecule has 2 aliphatic rings. The number of urea groups is 1. The van der Waals surface area contributed by atoms with Gasteiger partial charge in [-0.05, 0) is 55.6 Å². The van der Waals surface area contributed by atoms with Crippen LogP contribution < -0.4 is 16.2 Å². The molecule has 3 amide bonds. The van der Waals surface area contributed by atoms with Crippen molar-refractivity contribution in [2.45, 2.75) is 45.2 Å². The normalized spacial score (nSPS) is 22.7. The molecule has 166 valence electrons. The van der Waals surface area contributed by atoms with Crippen LogP contribution in [-0.4, -0.2) is 27.5 Å². The van der Waals surface area contributed by atoms with Gasteiger partial charge in [0.1, 0.15) is 11.2 Å². The van der Waals surface area contributed by atoms with E-state index in [4.69, 9.17) is 0 Å². The molecule has 5 rings (SSSR count). The molecule has 3 aromatic rings. The molecule has 2 heterocycles. The van der Waals surface area contributed by atoms with Gasteiger partial charge >= 0.3 is 6.03 Å². The number of fused-ring (bicyclic) bond motifs is 3. The fraction of sp³-hybridized carbons (Fsp3) is 0.417. The molecule has 2 fully saturated rings. The van der Waals surface area contributed by atoms with E-state index in [0.29, 0.717) is 22.1 Å². The van der Waals surface area contributed by atoms with E-state index in [1.807, 2.05) is 43.3 Å². The molecular formula is C24H26N4O3S. The third-order valence-corrected chi connectivity index (χ3v) is 8.08. The predicted molar refractivity (Wildman–Crippen MR) is 124 cm³/mol. The zero-order chi connectivity index (χ0) is 22.2. The fourth-order valence-electron chi connectivity index (χ4n) is 5.38. The third-order valence-electron chi connectivity index (χ3n) is 6.92. The molecular weight excluding hydrogens is 424 g/mol. The Bertz CT molecular complexity index is 1220. The number of nitrogens with one attached hydrogen (secondary N) is 2. The Morgan fingerprint density at radius 1 is 1.22 bits per heavy atom. The van der Waals surface area contributed by atoms with Crippen LogP contribution in [0.15, 0.2) is 47.5 Å². The van der Waals surface area contributed by atoms with Crippen molar-refractivity contribution in [2.75, 3.05) is 0 Å². The van der Waals surface area contributed by atoms with Crippen LogP contribution in [0.2, 0.25) is 0 Å². The number of hydrogen-bond acceptors (Lipinski definition) is 5. The summed E-state index contributed by atoms with van der Waals surface area (Å²) in [6.07, 6.45) is 6.34. The lowest BCUT2D eigenvalue weighted by atomic mass is 9.84. The van der Waals surface area contributed by atoms with Gasteiger partial charge < -0.3 is 5.32 Å². The van der Waals surface area contributed by atoms with Gasteiger partial charge in [-0.2, -0.15) is 0 Å². The molecule has 7 nitrogen and oxygen atoms in total. The van der Waals surface area contributed by atoms with Crippen molar-refractivity contribution < 1.29 is 9.59 Å². The van der Waals surface area contributed by atoms with Crippen LogP contribution in [0.3, 0.4) is 0 Å². The van der Waals surface area contributed by atoms with Crippen molar-refractivity contribution in [3.05, 3.63) is 53.1 Å². The first-order valence-corrected chi connectivity index (χ1v) is 11.9. The van der Waals surface area contributed by atoms with E-state index < -0.39 is 11.9 Å². The fourth-order valence-corrected chi connectivity index (χ4v) is 6.44. The van der Waals surface area contributed by atoms with Gasteiger partial charge in [0.25, 0.3) is 5.56 Å². The average molecular weight is 451 g/mol. The molecule has 0 spiro atoms. The molecule has 0 saturated heterocycles. The van der Waals surface area contributed by atoms with Gasteiger partial charge in [-0.15, -0.1) is 11.3 Å². The third kappa shape index (κ3) is 4.07. The summed E-state index contributed by atoms with van der Waals surface area (Å²) in [5.41, 5.74) is 1.33. The lowest BCUT2D eigenvalue weighted by Crippen LogP contribution is -2.48. The maximum atomic E-state index is 12.9. The van der Waals surface area contributed by atoms with E-state index in [9.17, 15) is 14.4 Å². The summed E-state index contributed by atoms with van der Waals surface area (Å²) in [5, 5.41) is 5.28. The van der Waals surface area contributed by atoms with E-state index in [1.165, 1.54) is 41.5 Å². The monoisotopic (exact) mass is 450 g/mol. The number of thiophene rings is 1. The smallest absolute Gasteiger partial charge is 0.321 e. The van der Waals surface area contributed by atoms with E-state index in [0.717, 1.165) is 22.8 Å². The summed E-state index contributed by atoms with van der Waals surface area (Å²) < 4.78 is 1.74. The maximum Gasteiger partial charge on any atom is 0.321 e. The summed E-state index contributed by atoms with van der Waals surface area (Å²) in [6, 6.07) is 11.2. The minimum Gasteiger partial charge on any atom is -0.335 e. The molecule has 1 aromatic carbocycles. The molecule has 0 aliphatic heterocycles. The number of benzene rings is 1. The van der Waals surface area contributed by atoms with E-state index >= 15 is 0 Å². The predicted octanol–water partition coefficient (Wildman–Crippen LogP) is 3.78. The second kappa shape index (κ2) is 8.50. The van der Waals surface area contributed by atoms with Crippen molar-refractivity contribution in [3.63, 3.8) is 0 Å². The van der Waals surface area contributed by atoms with Gasteiger partial charge in [-0.25, -0.2) is 9.78 Å². The topological polar surface area (TPSA) is 93.1 Å². The molecule has 2 aliphatic carbocycles. The van der Waals surface area contributed by atoms with Crippen LogP contribution in [0, 0.1) is 17.8 Å². The van der Waals surface area contributed by atoms with Crippen LogP contribution in [0.5, 0.6) is 0 Å². The Balaban J connectivity index is 1.23. The lowest BCUT2D eigenvalue weighted by Gasteiger charge is -2.28. The maximum absolute atomic E-state index is 12.9. The molecule has 32 heavy (non-hydrogen) atoms. The van der Waals surface area contributed by atoms with Crippen molar-refractivity contribution >= 4 is 33.5 Å². The summed E-state index contributed by atoms with van der Waals surface area (Å²) in [4.78, 5) is 42.9. The van der Waals surface area contributed by atoms with Gasteiger partial charge in [0, 0.05) is 10.9 Å². The zero-order valence-electron chi connectivity index (χ0n) is 17.9. The molecule has 2 saturated carbocycles. The SMILES string of the molecule is CC(NC(=O)NC(=O)Cn1cnc2cc(-c3ccccc3)sc2c1=O)C1CC2CCC1C2. The number of carbonyl (C=O) groups excluding carboxylic acids is 2. The second-order valence-corrected chi connectivity index (χ2v) is 10.1. The van der Waals surface area contributed by atoms with Crippen LogP contribution in [-0.2, 0) is 11.3 Å². The Kier molecular flexibility index (Phi) is 5.55. The highest BCUT2D eigenvalue weighted by Crippen LogP contribution is 2.49.